The average molecular weight is 694 g/mol. The molecule has 0 unspecified atom stereocenters. The smallest absolute Gasteiger partial charge is 0.408 e. The summed E-state index contributed by atoms with van der Waals surface area (Å²) in [6.07, 6.45) is 7.44. The minimum Gasteiger partial charge on any atom is -0.461 e. The van der Waals surface area contributed by atoms with Gasteiger partial charge < -0.3 is 35.2 Å². The van der Waals surface area contributed by atoms with Crippen LogP contribution < -0.4 is 16.0 Å². The van der Waals surface area contributed by atoms with E-state index in [0.29, 0.717) is 45.2 Å². The first-order valence-corrected chi connectivity index (χ1v) is 17.9. The van der Waals surface area contributed by atoms with Crippen LogP contribution in [0.1, 0.15) is 91.0 Å². The fourth-order valence-electron chi connectivity index (χ4n) is 7.27. The van der Waals surface area contributed by atoms with Gasteiger partial charge in [-0.05, 0) is 64.9 Å². The first-order chi connectivity index (χ1) is 23.8. The zero-order chi connectivity index (χ0) is 36.1. The van der Waals surface area contributed by atoms with E-state index in [0.717, 1.165) is 24.8 Å². The summed E-state index contributed by atoms with van der Waals surface area (Å²) in [5, 5.41) is 8.70. The molecule has 50 heavy (non-hydrogen) atoms. The summed E-state index contributed by atoms with van der Waals surface area (Å²) in [4.78, 5) is 83.8. The molecule has 13 nitrogen and oxygen atoms in total. The van der Waals surface area contributed by atoms with Gasteiger partial charge in [-0.15, -0.1) is 0 Å². The quantitative estimate of drug-likeness (QED) is 0.302. The molecule has 0 bridgehead atoms. The highest BCUT2D eigenvalue weighted by molar-refractivity contribution is 6.00. The zero-order valence-corrected chi connectivity index (χ0v) is 29.6. The van der Waals surface area contributed by atoms with Gasteiger partial charge in [0.2, 0.25) is 23.6 Å². The van der Waals surface area contributed by atoms with Crippen molar-refractivity contribution in [2.75, 3.05) is 13.1 Å². The van der Waals surface area contributed by atoms with Crippen LogP contribution in [0.4, 0.5) is 4.79 Å². The highest BCUT2D eigenvalue weighted by Crippen LogP contribution is 2.47. The standard InChI is InChI=1S/C37H51N5O8/c1-24(43)49-27-20-30-32(45)40-37(34(47)41-19-13-18-29(41)31(44)38-22-25-14-9-8-10-15-25)21-26(37)16-11-6-5-7-12-17-28(33(46)42(30)23-27)39-35(48)50-36(2,3)4/h8-11,14-16,26-30H,5-7,12-13,17-23H2,1-4H3,(H,38,44)(H,39,48)(H,40,45)/b16-11-/t26-,27-,28+,29-,30+,37-/m1/s1. The number of ether oxygens (including phenoxy) is 2. The number of carbonyl (C=O) groups is 6. The molecular formula is C37H51N5O8. The number of allylic oxidation sites excluding steroid dienone is 1. The molecule has 5 rings (SSSR count). The first-order valence-electron chi connectivity index (χ1n) is 17.9. The molecule has 1 aromatic carbocycles. The lowest BCUT2D eigenvalue weighted by Crippen LogP contribution is -2.59. The van der Waals surface area contributed by atoms with Gasteiger partial charge in [0.1, 0.15) is 35.4 Å². The maximum Gasteiger partial charge on any atom is 0.408 e. The van der Waals surface area contributed by atoms with Crippen LogP contribution in [-0.2, 0) is 40.0 Å². The van der Waals surface area contributed by atoms with Crippen molar-refractivity contribution in [1.29, 1.82) is 0 Å². The minimum atomic E-state index is -1.28. The Balaban J connectivity index is 1.38. The summed E-state index contributed by atoms with van der Waals surface area (Å²) in [5.74, 6) is -2.42. The van der Waals surface area contributed by atoms with E-state index in [4.69, 9.17) is 9.47 Å². The number of likely N-dealkylation sites (tertiary alicyclic amines) is 1. The Morgan fingerprint density at radius 3 is 2.50 bits per heavy atom. The summed E-state index contributed by atoms with van der Waals surface area (Å²) >= 11 is 0. The number of alkyl carbamates (subject to hydrolysis) is 1. The Morgan fingerprint density at radius 1 is 1.02 bits per heavy atom. The van der Waals surface area contributed by atoms with E-state index in [2.05, 4.69) is 16.0 Å². The minimum absolute atomic E-state index is 0.0370. The number of hydrogen-bond acceptors (Lipinski definition) is 8. The van der Waals surface area contributed by atoms with Gasteiger partial charge in [0.15, 0.2) is 0 Å². The molecule has 4 aliphatic rings. The first kappa shape index (κ1) is 36.9. The average Bonchev–Trinajstić information content (AvgIpc) is 3.35. The highest BCUT2D eigenvalue weighted by Gasteiger charge is 2.63. The predicted octanol–water partition coefficient (Wildman–Crippen LogP) is 3.11. The van der Waals surface area contributed by atoms with Gasteiger partial charge in [-0.25, -0.2) is 4.79 Å². The van der Waals surface area contributed by atoms with Crippen LogP contribution in [-0.4, -0.2) is 94.0 Å². The van der Waals surface area contributed by atoms with Gasteiger partial charge in [-0.3, -0.25) is 24.0 Å². The van der Waals surface area contributed by atoms with Gasteiger partial charge in [0, 0.05) is 32.4 Å². The lowest BCUT2D eigenvalue weighted by molar-refractivity contribution is -0.147. The number of nitrogens with zero attached hydrogens (tertiary/aromatic N) is 2. The molecule has 3 N–H and O–H groups in total. The molecule has 3 aliphatic heterocycles. The summed E-state index contributed by atoms with van der Waals surface area (Å²) < 4.78 is 10.9. The van der Waals surface area contributed by atoms with Crippen molar-refractivity contribution in [3.63, 3.8) is 0 Å². The molecule has 6 atom stereocenters. The van der Waals surface area contributed by atoms with Gasteiger partial charge in [-0.2, -0.15) is 0 Å². The van der Waals surface area contributed by atoms with E-state index in [9.17, 15) is 28.8 Å². The predicted molar refractivity (Wildman–Crippen MR) is 183 cm³/mol. The Morgan fingerprint density at radius 2 is 1.78 bits per heavy atom. The number of esters is 1. The van der Waals surface area contributed by atoms with Gasteiger partial charge in [-0.1, -0.05) is 55.3 Å². The largest absolute Gasteiger partial charge is 0.461 e. The third-order valence-corrected chi connectivity index (χ3v) is 9.77. The molecule has 1 aromatic rings. The lowest BCUT2D eigenvalue weighted by atomic mass is 10.0. The van der Waals surface area contributed by atoms with Gasteiger partial charge in [0.25, 0.3) is 0 Å². The summed E-state index contributed by atoms with van der Waals surface area (Å²) in [7, 11) is 0. The second-order valence-corrected chi connectivity index (χ2v) is 14.9. The molecule has 272 valence electrons. The molecule has 0 spiro atoms. The lowest BCUT2D eigenvalue weighted by Gasteiger charge is -2.32. The second-order valence-electron chi connectivity index (χ2n) is 14.9. The third kappa shape index (κ3) is 9.02. The molecular weight excluding hydrogens is 642 g/mol. The van der Waals surface area contributed by atoms with Crippen LogP contribution >= 0.6 is 0 Å². The molecule has 0 radical (unpaired) electrons. The fraction of sp³-hybridized carbons (Fsp3) is 0.622. The topological polar surface area (TPSA) is 163 Å². The van der Waals surface area contributed by atoms with Crippen LogP contribution in [0, 0.1) is 5.92 Å². The Bertz CT molecular complexity index is 1480. The van der Waals surface area contributed by atoms with Crippen molar-refractivity contribution in [2.24, 2.45) is 5.92 Å². The summed E-state index contributed by atoms with van der Waals surface area (Å²) in [6.45, 7) is 7.14. The highest BCUT2D eigenvalue weighted by atomic mass is 16.6. The number of amides is 5. The van der Waals surface area contributed by atoms with E-state index < -0.39 is 59.2 Å². The molecule has 0 aromatic heterocycles. The number of nitrogens with one attached hydrogen (secondary N) is 3. The van der Waals surface area contributed by atoms with Crippen molar-refractivity contribution in [3.8, 4) is 0 Å². The Kier molecular flexibility index (Phi) is 11.5. The van der Waals surface area contributed by atoms with E-state index in [-0.39, 0.29) is 30.7 Å². The Labute approximate surface area is 293 Å². The second kappa shape index (κ2) is 15.6. The third-order valence-electron chi connectivity index (χ3n) is 9.77. The fourth-order valence-corrected chi connectivity index (χ4v) is 7.27. The monoisotopic (exact) mass is 693 g/mol. The van der Waals surface area contributed by atoms with Crippen LogP contribution in [0.5, 0.6) is 0 Å². The molecule has 3 fully saturated rings. The van der Waals surface area contributed by atoms with Crippen LogP contribution in [0.3, 0.4) is 0 Å². The van der Waals surface area contributed by atoms with Crippen molar-refractivity contribution < 1.29 is 38.2 Å². The van der Waals surface area contributed by atoms with Crippen molar-refractivity contribution in [3.05, 3.63) is 48.0 Å². The number of benzene rings is 1. The Hall–Kier alpha value is -4.42. The summed E-state index contributed by atoms with van der Waals surface area (Å²) in [5.41, 5.74) is -1.12. The van der Waals surface area contributed by atoms with E-state index in [1.807, 2.05) is 42.5 Å². The van der Waals surface area contributed by atoms with Crippen LogP contribution in [0.2, 0.25) is 0 Å². The summed E-state index contributed by atoms with van der Waals surface area (Å²) in [6, 6.07) is 6.84. The molecule has 13 heteroatoms. The number of rotatable bonds is 6. The van der Waals surface area contributed by atoms with E-state index in [1.54, 1.807) is 25.7 Å². The maximum atomic E-state index is 14.4. The molecule has 3 heterocycles. The van der Waals surface area contributed by atoms with Gasteiger partial charge >= 0.3 is 12.1 Å². The van der Waals surface area contributed by atoms with Crippen molar-refractivity contribution >= 4 is 35.7 Å². The number of carbonyl (C=O) groups excluding carboxylic acids is 6. The van der Waals surface area contributed by atoms with Crippen molar-refractivity contribution in [2.45, 2.75) is 127 Å². The van der Waals surface area contributed by atoms with E-state index in [1.165, 1.54) is 11.8 Å². The van der Waals surface area contributed by atoms with Gasteiger partial charge in [0.05, 0.1) is 6.54 Å². The normalized spacial score (nSPS) is 29.3. The number of hydrogen-bond donors (Lipinski definition) is 3. The maximum absolute atomic E-state index is 14.4. The SMILES string of the molecule is CC(=O)O[C@@H]1C[C@H]2C(=O)N[C@]3(C(=O)N4CCC[C@@H]4C(=O)NCc4ccccc4)C[C@H]3/C=C\CCCCC[C@H](NC(=O)OC(C)(C)C)C(=O)N2C1. The molecule has 2 saturated heterocycles. The zero-order valence-electron chi connectivity index (χ0n) is 29.6. The molecule has 1 saturated carbocycles. The van der Waals surface area contributed by atoms with E-state index >= 15 is 0 Å². The van der Waals surface area contributed by atoms with Crippen LogP contribution in [0.25, 0.3) is 0 Å². The van der Waals surface area contributed by atoms with Crippen LogP contribution in [0.15, 0.2) is 42.5 Å². The molecule has 1 aliphatic carbocycles. The molecule has 5 amide bonds. The number of fused-ring (bicyclic) bond motifs is 2. The van der Waals surface area contributed by atoms with Crippen molar-refractivity contribution in [1.82, 2.24) is 25.8 Å².